The largest absolute Gasteiger partial charge is 0.337 e. The molecule has 1 aliphatic heterocycles. The molecule has 7 nitrogen and oxygen atoms in total. The van der Waals surface area contributed by atoms with Crippen LogP contribution in [0.3, 0.4) is 0 Å². The molecule has 1 aliphatic rings. The van der Waals surface area contributed by atoms with Gasteiger partial charge in [-0.25, -0.2) is 0 Å². The highest BCUT2D eigenvalue weighted by Crippen LogP contribution is 2.31. The molecule has 0 N–H and O–H groups in total. The fourth-order valence-electron chi connectivity index (χ4n) is 4.34. The van der Waals surface area contributed by atoms with E-state index in [0.29, 0.717) is 36.2 Å². The Hall–Kier alpha value is -3.19. The summed E-state index contributed by atoms with van der Waals surface area (Å²) in [6.07, 6.45) is 3.01. The van der Waals surface area contributed by atoms with E-state index < -0.39 is 0 Å². The standard InChI is InChI=1S/C27H31ClN4O3/c1-19(2)16-24(33)31(17-20-8-4-3-5-9-20)18-25(34)32-15-7-6-10-23(32)27-29-26(30-35-27)21-11-13-22(28)14-12-21/h3-5,8-9,11-14,19,23H,6-7,10,15-18H2,1-2H3. The van der Waals surface area contributed by atoms with Crippen LogP contribution in [0.1, 0.15) is 57.0 Å². The van der Waals surface area contributed by atoms with E-state index in [9.17, 15) is 9.59 Å². The van der Waals surface area contributed by atoms with Gasteiger partial charge in [-0.05, 0) is 55.0 Å². The highest BCUT2D eigenvalue weighted by molar-refractivity contribution is 6.30. The Kier molecular flexibility index (Phi) is 8.18. The number of halogens is 1. The van der Waals surface area contributed by atoms with E-state index in [1.807, 2.05) is 56.3 Å². The monoisotopic (exact) mass is 494 g/mol. The summed E-state index contributed by atoms with van der Waals surface area (Å²) in [7, 11) is 0. The van der Waals surface area contributed by atoms with Crippen molar-refractivity contribution in [1.29, 1.82) is 0 Å². The molecule has 4 rings (SSSR count). The van der Waals surface area contributed by atoms with Gasteiger partial charge in [0.25, 0.3) is 0 Å². The number of hydrogen-bond donors (Lipinski definition) is 0. The molecule has 8 heteroatoms. The van der Waals surface area contributed by atoms with Crippen LogP contribution in [0.4, 0.5) is 0 Å². The van der Waals surface area contributed by atoms with Crippen molar-refractivity contribution < 1.29 is 14.1 Å². The van der Waals surface area contributed by atoms with Gasteiger partial charge in [0.05, 0.1) is 0 Å². The number of nitrogens with zero attached hydrogens (tertiary/aromatic N) is 4. The van der Waals surface area contributed by atoms with Gasteiger partial charge < -0.3 is 14.3 Å². The molecule has 0 aliphatic carbocycles. The molecule has 0 radical (unpaired) electrons. The van der Waals surface area contributed by atoms with Crippen LogP contribution in [-0.2, 0) is 16.1 Å². The molecule has 184 valence electrons. The Morgan fingerprint density at radius 2 is 1.86 bits per heavy atom. The Balaban J connectivity index is 1.51. The van der Waals surface area contributed by atoms with E-state index in [0.717, 1.165) is 30.4 Å². The van der Waals surface area contributed by atoms with Crippen molar-refractivity contribution in [3.8, 4) is 11.4 Å². The van der Waals surface area contributed by atoms with E-state index in [4.69, 9.17) is 16.1 Å². The molecule has 0 bridgehead atoms. The lowest BCUT2D eigenvalue weighted by Gasteiger charge is -2.35. The van der Waals surface area contributed by atoms with Crippen LogP contribution in [-0.4, -0.2) is 44.8 Å². The van der Waals surface area contributed by atoms with E-state index >= 15 is 0 Å². The summed E-state index contributed by atoms with van der Waals surface area (Å²) in [5, 5.41) is 4.76. The second-order valence-electron chi connectivity index (χ2n) is 9.40. The third kappa shape index (κ3) is 6.48. The maximum atomic E-state index is 13.5. The fourth-order valence-corrected chi connectivity index (χ4v) is 4.47. The zero-order chi connectivity index (χ0) is 24.8. The number of aromatic nitrogens is 2. The first kappa shape index (κ1) is 24.9. The van der Waals surface area contributed by atoms with Gasteiger partial charge in [0.15, 0.2) is 0 Å². The molecule has 2 aromatic carbocycles. The minimum atomic E-state index is -0.302. The highest BCUT2D eigenvalue weighted by atomic mass is 35.5. The van der Waals surface area contributed by atoms with Crippen LogP contribution in [0.15, 0.2) is 59.1 Å². The quantitative estimate of drug-likeness (QED) is 0.412. The Bertz CT molecular complexity index is 1130. The van der Waals surface area contributed by atoms with Crippen molar-refractivity contribution >= 4 is 23.4 Å². The molecule has 3 aromatic rings. The molecule has 2 heterocycles. The van der Waals surface area contributed by atoms with Gasteiger partial charge in [0.1, 0.15) is 12.6 Å². The van der Waals surface area contributed by atoms with Gasteiger partial charge in [-0.1, -0.05) is 60.9 Å². The second-order valence-corrected chi connectivity index (χ2v) is 9.83. The molecule has 1 atom stereocenters. The lowest BCUT2D eigenvalue weighted by atomic mass is 10.0. The molecule has 35 heavy (non-hydrogen) atoms. The molecule has 0 spiro atoms. The zero-order valence-electron chi connectivity index (χ0n) is 20.2. The Morgan fingerprint density at radius 3 is 2.57 bits per heavy atom. The van der Waals surface area contributed by atoms with Gasteiger partial charge in [-0.2, -0.15) is 4.98 Å². The van der Waals surface area contributed by atoms with Crippen LogP contribution >= 0.6 is 11.6 Å². The number of carbonyl (C=O) groups is 2. The minimum Gasteiger partial charge on any atom is -0.337 e. The topological polar surface area (TPSA) is 79.5 Å². The first-order chi connectivity index (χ1) is 16.9. The van der Waals surface area contributed by atoms with Crippen LogP contribution in [0.2, 0.25) is 5.02 Å². The number of benzene rings is 2. The summed E-state index contributed by atoms with van der Waals surface area (Å²) in [4.78, 5) is 34.6. The van der Waals surface area contributed by atoms with Crippen molar-refractivity contribution in [2.75, 3.05) is 13.1 Å². The van der Waals surface area contributed by atoms with Crippen molar-refractivity contribution in [3.05, 3.63) is 71.1 Å². The lowest BCUT2D eigenvalue weighted by molar-refractivity contribution is -0.144. The maximum absolute atomic E-state index is 13.5. The lowest BCUT2D eigenvalue weighted by Crippen LogP contribution is -2.46. The van der Waals surface area contributed by atoms with Gasteiger partial charge in [-0.15, -0.1) is 0 Å². The van der Waals surface area contributed by atoms with E-state index in [1.54, 1.807) is 21.9 Å². The maximum Gasteiger partial charge on any atom is 0.249 e. The molecular formula is C27H31ClN4O3. The minimum absolute atomic E-state index is 0.0198. The van der Waals surface area contributed by atoms with Crippen LogP contribution in [0.5, 0.6) is 0 Å². The number of carbonyl (C=O) groups excluding carboxylic acids is 2. The number of amides is 2. The highest BCUT2D eigenvalue weighted by Gasteiger charge is 2.33. The van der Waals surface area contributed by atoms with Gasteiger partial charge in [-0.3, -0.25) is 9.59 Å². The zero-order valence-corrected chi connectivity index (χ0v) is 20.9. The molecule has 2 amide bonds. The summed E-state index contributed by atoms with van der Waals surface area (Å²) in [6, 6.07) is 16.7. The predicted octanol–water partition coefficient (Wildman–Crippen LogP) is 5.52. The average Bonchev–Trinajstić information content (AvgIpc) is 3.34. The Labute approximate surface area is 211 Å². The summed E-state index contributed by atoms with van der Waals surface area (Å²) in [5.74, 6) is 0.976. The summed E-state index contributed by atoms with van der Waals surface area (Å²) in [5.41, 5.74) is 1.79. The van der Waals surface area contributed by atoms with Crippen molar-refractivity contribution in [1.82, 2.24) is 19.9 Å². The molecule has 1 fully saturated rings. The van der Waals surface area contributed by atoms with Crippen molar-refractivity contribution in [2.24, 2.45) is 5.92 Å². The number of likely N-dealkylation sites (tertiary alicyclic amines) is 1. The van der Waals surface area contributed by atoms with Crippen LogP contribution < -0.4 is 0 Å². The number of rotatable bonds is 8. The van der Waals surface area contributed by atoms with E-state index in [-0.39, 0.29) is 30.3 Å². The van der Waals surface area contributed by atoms with Gasteiger partial charge >= 0.3 is 0 Å². The summed E-state index contributed by atoms with van der Waals surface area (Å²) in [6.45, 7) is 5.04. The first-order valence-electron chi connectivity index (χ1n) is 12.1. The summed E-state index contributed by atoms with van der Waals surface area (Å²) < 4.78 is 5.60. The van der Waals surface area contributed by atoms with Gasteiger partial charge in [0.2, 0.25) is 23.5 Å². The number of hydrogen-bond acceptors (Lipinski definition) is 5. The second kappa shape index (κ2) is 11.5. The van der Waals surface area contributed by atoms with Crippen LogP contribution in [0, 0.1) is 5.92 Å². The number of piperidine rings is 1. The SMILES string of the molecule is CC(C)CC(=O)N(CC(=O)N1CCCCC1c1nc(-c2ccc(Cl)cc2)no1)Cc1ccccc1. The predicted molar refractivity (Wildman–Crippen MR) is 134 cm³/mol. The molecule has 1 saturated heterocycles. The molecule has 0 saturated carbocycles. The first-order valence-corrected chi connectivity index (χ1v) is 12.5. The average molecular weight is 495 g/mol. The van der Waals surface area contributed by atoms with Crippen LogP contribution in [0.25, 0.3) is 11.4 Å². The summed E-state index contributed by atoms with van der Waals surface area (Å²) >= 11 is 5.99. The van der Waals surface area contributed by atoms with Crippen molar-refractivity contribution in [3.63, 3.8) is 0 Å². The Morgan fingerprint density at radius 1 is 1.11 bits per heavy atom. The normalized spacial score (nSPS) is 15.9. The smallest absolute Gasteiger partial charge is 0.249 e. The molecule has 1 unspecified atom stereocenters. The molecule has 1 aromatic heterocycles. The third-order valence-corrected chi connectivity index (χ3v) is 6.38. The van der Waals surface area contributed by atoms with E-state index in [1.165, 1.54) is 0 Å². The van der Waals surface area contributed by atoms with E-state index in [2.05, 4.69) is 10.1 Å². The molecular weight excluding hydrogens is 464 g/mol. The van der Waals surface area contributed by atoms with Gasteiger partial charge in [0, 0.05) is 30.1 Å². The fraction of sp³-hybridized carbons (Fsp3) is 0.407. The van der Waals surface area contributed by atoms with Crippen molar-refractivity contribution in [2.45, 2.75) is 52.1 Å². The third-order valence-electron chi connectivity index (χ3n) is 6.13.